The van der Waals surface area contributed by atoms with Crippen LogP contribution in [0.15, 0.2) is 51.0 Å². The molecule has 0 saturated carbocycles. The molecule has 7 nitrogen and oxygen atoms in total. The van der Waals surface area contributed by atoms with Crippen LogP contribution in [0.1, 0.15) is 21.6 Å². The van der Waals surface area contributed by atoms with Gasteiger partial charge >= 0.3 is 0 Å². The lowest BCUT2D eigenvalue weighted by molar-refractivity contribution is 0.102. The summed E-state index contributed by atoms with van der Waals surface area (Å²) < 4.78 is 2.21. The van der Waals surface area contributed by atoms with Gasteiger partial charge in [-0.05, 0) is 19.1 Å². The molecule has 3 aromatic heterocycles. The first-order chi connectivity index (χ1) is 13.1. The third-order valence-corrected chi connectivity index (χ3v) is 6.40. The van der Waals surface area contributed by atoms with Gasteiger partial charge in [-0.2, -0.15) is 0 Å². The van der Waals surface area contributed by atoms with E-state index in [0.717, 1.165) is 5.56 Å². The van der Waals surface area contributed by atoms with Crippen molar-refractivity contribution >= 4 is 50.4 Å². The van der Waals surface area contributed by atoms with Crippen LogP contribution in [0.5, 0.6) is 0 Å². The van der Waals surface area contributed by atoms with Crippen LogP contribution in [0, 0.1) is 6.92 Å². The van der Waals surface area contributed by atoms with Crippen molar-refractivity contribution in [3.63, 3.8) is 0 Å². The Labute approximate surface area is 166 Å². The lowest BCUT2D eigenvalue weighted by atomic mass is 10.1. The number of benzene rings is 1. The number of carbonyl (C=O) groups excluding carboxylic acids is 1. The molecule has 4 rings (SSSR count). The number of carbonyl (C=O) groups is 1. The van der Waals surface area contributed by atoms with E-state index in [-0.39, 0.29) is 11.5 Å². The molecule has 0 unspecified atom stereocenters. The first kappa shape index (κ1) is 17.8. The van der Waals surface area contributed by atoms with E-state index >= 15 is 0 Å². The Morgan fingerprint density at radius 2 is 2.07 bits per heavy atom. The molecular weight excluding hydrogens is 402 g/mol. The van der Waals surface area contributed by atoms with Crippen molar-refractivity contribution in [2.75, 3.05) is 5.32 Å². The van der Waals surface area contributed by atoms with Crippen molar-refractivity contribution < 1.29 is 4.79 Å². The van der Waals surface area contributed by atoms with Crippen LogP contribution >= 0.6 is 34.4 Å². The van der Waals surface area contributed by atoms with Crippen molar-refractivity contribution in [1.29, 1.82) is 0 Å². The number of anilines is 1. The molecule has 4 aromatic rings. The number of hydrogen-bond donors (Lipinski definition) is 1. The zero-order valence-electron chi connectivity index (χ0n) is 14.1. The molecule has 27 heavy (non-hydrogen) atoms. The van der Waals surface area contributed by atoms with Crippen molar-refractivity contribution in [1.82, 2.24) is 19.6 Å². The molecule has 0 spiro atoms. The predicted molar refractivity (Wildman–Crippen MR) is 108 cm³/mol. The molecule has 0 saturated heterocycles. The summed E-state index contributed by atoms with van der Waals surface area (Å²) in [5, 5.41) is 13.1. The van der Waals surface area contributed by atoms with Gasteiger partial charge in [0.2, 0.25) is 5.13 Å². The molecule has 0 fully saturated rings. The highest BCUT2D eigenvalue weighted by atomic mass is 32.2. The van der Waals surface area contributed by atoms with E-state index in [2.05, 4.69) is 20.5 Å². The van der Waals surface area contributed by atoms with Gasteiger partial charge in [-0.15, -0.1) is 21.5 Å². The normalized spacial score (nSPS) is 11.0. The van der Waals surface area contributed by atoms with Gasteiger partial charge < -0.3 is 0 Å². The highest BCUT2D eigenvalue weighted by Gasteiger charge is 2.11. The highest BCUT2D eigenvalue weighted by Crippen LogP contribution is 2.28. The number of hydrogen-bond acceptors (Lipinski definition) is 8. The number of aryl methyl sites for hydroxylation is 1. The van der Waals surface area contributed by atoms with Gasteiger partial charge in [0.25, 0.3) is 11.5 Å². The van der Waals surface area contributed by atoms with Crippen molar-refractivity contribution in [2.24, 2.45) is 0 Å². The Kier molecular flexibility index (Phi) is 5.01. The average molecular weight is 416 g/mol. The summed E-state index contributed by atoms with van der Waals surface area (Å²) in [6.45, 7) is 1.97. The van der Waals surface area contributed by atoms with Crippen molar-refractivity contribution in [2.45, 2.75) is 17.0 Å². The molecule has 1 N–H and O–H groups in total. The topological polar surface area (TPSA) is 89.2 Å². The average Bonchev–Trinajstić information content (AvgIpc) is 3.30. The SMILES string of the molecule is Cc1ccc(C(=O)Nc2nnc(SCc3cc(=O)n4ccsc4n3)s2)cc1. The fraction of sp³-hybridized carbons (Fsp3) is 0.118. The molecule has 0 bridgehead atoms. The van der Waals surface area contributed by atoms with Gasteiger partial charge in [0.1, 0.15) is 0 Å². The monoisotopic (exact) mass is 415 g/mol. The second-order valence-electron chi connectivity index (χ2n) is 5.62. The van der Waals surface area contributed by atoms with Crippen LogP contribution in [-0.4, -0.2) is 25.5 Å². The molecule has 0 aliphatic carbocycles. The van der Waals surface area contributed by atoms with E-state index in [9.17, 15) is 9.59 Å². The molecule has 136 valence electrons. The largest absolute Gasteiger partial charge is 0.296 e. The number of nitrogens with zero attached hydrogens (tertiary/aromatic N) is 4. The van der Waals surface area contributed by atoms with Gasteiger partial charge in [-0.3, -0.25) is 19.3 Å². The van der Waals surface area contributed by atoms with E-state index in [0.29, 0.717) is 31.4 Å². The summed E-state index contributed by atoms with van der Waals surface area (Å²) in [7, 11) is 0. The minimum atomic E-state index is -0.222. The second-order valence-corrected chi connectivity index (χ2v) is 8.70. The summed E-state index contributed by atoms with van der Waals surface area (Å²) in [6, 6.07) is 8.83. The molecule has 0 aliphatic rings. The lowest BCUT2D eigenvalue weighted by Gasteiger charge is -2.01. The first-order valence-corrected chi connectivity index (χ1v) is 10.6. The maximum atomic E-state index is 12.2. The van der Waals surface area contributed by atoms with Crippen LogP contribution in [0.3, 0.4) is 0 Å². The molecule has 10 heteroatoms. The zero-order valence-corrected chi connectivity index (χ0v) is 16.5. The van der Waals surface area contributed by atoms with E-state index < -0.39 is 0 Å². The quantitative estimate of drug-likeness (QED) is 0.397. The fourth-order valence-corrected chi connectivity index (χ4v) is 4.67. The summed E-state index contributed by atoms with van der Waals surface area (Å²) in [5.41, 5.74) is 2.25. The Morgan fingerprint density at radius 3 is 2.89 bits per heavy atom. The van der Waals surface area contributed by atoms with Crippen LogP contribution < -0.4 is 10.9 Å². The number of amides is 1. The number of nitrogens with one attached hydrogen (secondary N) is 1. The Balaban J connectivity index is 1.41. The smallest absolute Gasteiger partial charge is 0.258 e. The minimum Gasteiger partial charge on any atom is -0.296 e. The lowest BCUT2D eigenvalue weighted by Crippen LogP contribution is -2.12. The summed E-state index contributed by atoms with van der Waals surface area (Å²) in [6.07, 6.45) is 1.71. The molecule has 0 radical (unpaired) electrons. The zero-order chi connectivity index (χ0) is 18.8. The molecular formula is C17H13N5O2S3. The second kappa shape index (κ2) is 7.59. The van der Waals surface area contributed by atoms with Crippen molar-refractivity contribution in [3.05, 3.63) is 69.1 Å². The van der Waals surface area contributed by atoms with Gasteiger partial charge in [0, 0.05) is 29.0 Å². The van der Waals surface area contributed by atoms with E-state index in [4.69, 9.17) is 0 Å². The number of aromatic nitrogens is 4. The summed E-state index contributed by atoms with van der Waals surface area (Å²) in [5.74, 6) is 0.282. The Bertz CT molecular complexity index is 1160. The van der Waals surface area contributed by atoms with E-state index in [1.54, 1.807) is 18.3 Å². The molecule has 1 amide bonds. The van der Waals surface area contributed by atoms with Gasteiger partial charge in [0.15, 0.2) is 9.30 Å². The molecule has 3 heterocycles. The standard InChI is InChI=1S/C17H13N5O2S3/c1-10-2-4-11(5-3-10)14(24)19-15-20-21-17(27-15)26-9-12-8-13(23)22-6-7-25-16(22)18-12/h2-8H,9H2,1H3,(H,19,20,24). The van der Waals surface area contributed by atoms with Gasteiger partial charge in [-0.25, -0.2) is 4.98 Å². The number of thioether (sulfide) groups is 1. The predicted octanol–water partition coefficient (Wildman–Crippen LogP) is 3.46. The first-order valence-electron chi connectivity index (χ1n) is 7.88. The van der Waals surface area contributed by atoms with Gasteiger partial charge in [0.05, 0.1) is 5.69 Å². The fourth-order valence-electron chi connectivity index (χ4n) is 2.29. The molecule has 0 atom stereocenters. The maximum Gasteiger partial charge on any atom is 0.258 e. The third-order valence-electron chi connectivity index (χ3n) is 3.64. The maximum absolute atomic E-state index is 12.2. The Hall–Kier alpha value is -2.56. The van der Waals surface area contributed by atoms with Crippen LogP contribution in [-0.2, 0) is 5.75 Å². The van der Waals surface area contributed by atoms with Crippen LogP contribution in [0.2, 0.25) is 0 Å². The number of thiazole rings is 1. The number of rotatable bonds is 5. The highest BCUT2D eigenvalue weighted by molar-refractivity contribution is 8.00. The van der Waals surface area contributed by atoms with E-state index in [1.165, 1.54) is 44.9 Å². The third kappa shape index (κ3) is 4.07. The van der Waals surface area contributed by atoms with Gasteiger partial charge in [-0.1, -0.05) is 40.8 Å². The summed E-state index contributed by atoms with van der Waals surface area (Å²) >= 11 is 4.13. The van der Waals surface area contributed by atoms with Crippen molar-refractivity contribution in [3.8, 4) is 0 Å². The van der Waals surface area contributed by atoms with E-state index in [1.807, 2.05) is 24.4 Å². The molecule has 1 aromatic carbocycles. The summed E-state index contributed by atoms with van der Waals surface area (Å²) in [4.78, 5) is 29.4. The van der Waals surface area contributed by atoms with Crippen LogP contribution in [0.4, 0.5) is 5.13 Å². The molecule has 0 aliphatic heterocycles. The van der Waals surface area contributed by atoms with Crippen LogP contribution in [0.25, 0.3) is 4.96 Å². The minimum absolute atomic E-state index is 0.0971. The number of fused-ring (bicyclic) bond motifs is 1. The Morgan fingerprint density at radius 1 is 1.26 bits per heavy atom.